The summed E-state index contributed by atoms with van der Waals surface area (Å²) in [5, 5.41) is 2.62. The van der Waals surface area contributed by atoms with E-state index in [1.807, 2.05) is 0 Å². The average molecular weight is 527 g/mol. The molecule has 0 unspecified atom stereocenters. The van der Waals surface area contributed by atoms with Crippen molar-refractivity contribution in [2.75, 3.05) is 6.61 Å². The highest BCUT2D eigenvalue weighted by atomic mass is 28.4. The predicted octanol–water partition coefficient (Wildman–Crippen LogP) is 7.57. The minimum absolute atomic E-state index is 0.00791. The van der Waals surface area contributed by atoms with E-state index in [0.717, 1.165) is 12.8 Å². The molecule has 0 spiro atoms. The lowest BCUT2D eigenvalue weighted by Gasteiger charge is -2.43. The molecule has 0 amide bonds. The summed E-state index contributed by atoms with van der Waals surface area (Å²) in [7, 11) is -4.20. The van der Waals surface area contributed by atoms with Crippen LogP contribution in [0.4, 0.5) is 0 Å². The number of hydrogen-bond acceptors (Lipinski definition) is 1. The second-order valence-electron chi connectivity index (χ2n) is 11.8. The topological polar surface area (TPSA) is 9.23 Å². The Balaban J connectivity index is 2.11. The van der Waals surface area contributed by atoms with Gasteiger partial charge in [-0.1, -0.05) is 129 Å². The van der Waals surface area contributed by atoms with Gasteiger partial charge in [-0.2, -0.15) is 0 Å². The molecule has 196 valence electrons. The van der Waals surface area contributed by atoms with E-state index in [0.29, 0.717) is 23.2 Å². The standard InChI is InChI=1S/C34H46OSi2/c1-29(2)36(30(3)4,31(5)6)28-22-14-12-10-11-13-21-27-35-37(34(7,8)9,32-23-17-15-18-24-32)33-25-19-16-20-26-33/h15-20,23-26,29-31H,13,21,27H2,1-9H3. The van der Waals surface area contributed by atoms with Crippen LogP contribution >= 0.6 is 0 Å². The highest BCUT2D eigenvalue weighted by Crippen LogP contribution is 2.40. The molecule has 0 saturated carbocycles. The Morgan fingerprint density at radius 3 is 1.57 bits per heavy atom. The van der Waals surface area contributed by atoms with Crippen molar-refractivity contribution in [1.82, 2.24) is 0 Å². The predicted molar refractivity (Wildman–Crippen MR) is 167 cm³/mol. The van der Waals surface area contributed by atoms with Gasteiger partial charge in [0.2, 0.25) is 0 Å². The lowest BCUT2D eigenvalue weighted by molar-refractivity contribution is 0.293. The van der Waals surface area contributed by atoms with Gasteiger partial charge in [-0.25, -0.2) is 0 Å². The molecule has 3 heteroatoms. The van der Waals surface area contributed by atoms with E-state index in [1.165, 1.54) is 10.4 Å². The van der Waals surface area contributed by atoms with E-state index in [2.05, 4.69) is 158 Å². The lowest BCUT2D eigenvalue weighted by Crippen LogP contribution is -2.66. The Kier molecular flexibility index (Phi) is 11.5. The van der Waals surface area contributed by atoms with Gasteiger partial charge in [0.05, 0.1) is 0 Å². The van der Waals surface area contributed by atoms with Crippen LogP contribution in [0, 0.1) is 35.1 Å². The van der Waals surface area contributed by atoms with Gasteiger partial charge in [0.25, 0.3) is 8.32 Å². The maximum absolute atomic E-state index is 6.93. The molecule has 1 nitrogen and oxygen atoms in total. The molecule has 0 aliphatic carbocycles. The van der Waals surface area contributed by atoms with Crippen LogP contribution in [0.2, 0.25) is 21.7 Å². The highest BCUT2D eigenvalue weighted by molar-refractivity contribution is 6.99. The molecule has 0 aliphatic rings. The van der Waals surface area contributed by atoms with Crippen molar-refractivity contribution in [3.63, 3.8) is 0 Å². The fourth-order valence-electron chi connectivity index (χ4n) is 5.89. The zero-order valence-electron chi connectivity index (χ0n) is 24.5. The monoisotopic (exact) mass is 526 g/mol. The highest BCUT2D eigenvalue weighted by Gasteiger charge is 2.50. The van der Waals surface area contributed by atoms with Crippen LogP contribution < -0.4 is 10.4 Å². The molecule has 0 bridgehead atoms. The number of benzene rings is 2. The molecule has 2 aromatic rings. The summed E-state index contributed by atoms with van der Waals surface area (Å²) in [4.78, 5) is 0. The number of unbranched alkanes of at least 4 members (excludes halogenated alkanes) is 1. The fourth-order valence-corrected chi connectivity index (χ4v) is 15.6. The van der Waals surface area contributed by atoms with Crippen molar-refractivity contribution >= 4 is 26.8 Å². The summed E-state index contributed by atoms with van der Waals surface area (Å²) in [6, 6.07) is 21.6. The molecule has 0 saturated heterocycles. The Hall–Kier alpha value is -2.49. The molecule has 0 radical (unpaired) electrons. The van der Waals surface area contributed by atoms with Crippen LogP contribution in [0.3, 0.4) is 0 Å². The third-order valence-electron chi connectivity index (χ3n) is 7.60. The summed E-state index contributed by atoms with van der Waals surface area (Å²) >= 11 is 0. The molecule has 37 heavy (non-hydrogen) atoms. The van der Waals surface area contributed by atoms with E-state index < -0.39 is 16.4 Å². The first-order chi connectivity index (χ1) is 17.5. The van der Waals surface area contributed by atoms with Crippen molar-refractivity contribution in [2.24, 2.45) is 0 Å². The van der Waals surface area contributed by atoms with Crippen LogP contribution in [-0.2, 0) is 4.43 Å². The zero-order chi connectivity index (χ0) is 27.5. The van der Waals surface area contributed by atoms with Gasteiger partial charge in [0, 0.05) is 13.0 Å². The van der Waals surface area contributed by atoms with Crippen LogP contribution in [-0.4, -0.2) is 23.0 Å². The maximum atomic E-state index is 6.93. The molecule has 0 atom stereocenters. The van der Waals surface area contributed by atoms with E-state index in [-0.39, 0.29) is 5.04 Å². The van der Waals surface area contributed by atoms with Crippen molar-refractivity contribution in [3.05, 3.63) is 60.7 Å². The second-order valence-corrected chi connectivity index (χ2v) is 21.7. The van der Waals surface area contributed by atoms with Gasteiger partial charge < -0.3 is 4.43 Å². The fraction of sp³-hybridized carbons (Fsp3) is 0.471. The Labute approximate surface area is 230 Å². The molecule has 0 aliphatic heterocycles. The summed E-state index contributed by atoms with van der Waals surface area (Å²) in [6.45, 7) is 21.5. The van der Waals surface area contributed by atoms with Crippen molar-refractivity contribution in [2.45, 2.75) is 96.8 Å². The number of rotatable bonds is 9. The first kappa shape index (κ1) is 30.7. The Morgan fingerprint density at radius 2 is 1.14 bits per heavy atom. The van der Waals surface area contributed by atoms with Crippen LogP contribution in [0.5, 0.6) is 0 Å². The van der Waals surface area contributed by atoms with E-state index in [9.17, 15) is 0 Å². The van der Waals surface area contributed by atoms with Gasteiger partial charge in [-0.05, 0) is 62.1 Å². The SMILES string of the molecule is CC(C)[Si](C#CC#CC#CCCCO[Si](c1ccccc1)(c1ccccc1)C(C)(C)C)(C(C)C)C(C)C. The second kappa shape index (κ2) is 13.9. The van der Waals surface area contributed by atoms with Crippen molar-refractivity contribution < 1.29 is 4.43 Å². The zero-order valence-corrected chi connectivity index (χ0v) is 26.5. The Bertz CT molecular complexity index is 1090. The lowest BCUT2D eigenvalue weighted by atomic mass is 10.2. The Morgan fingerprint density at radius 1 is 0.676 bits per heavy atom. The van der Waals surface area contributed by atoms with Gasteiger partial charge in [-0.3, -0.25) is 0 Å². The summed E-state index contributed by atoms with van der Waals surface area (Å²) in [5.74, 6) is 15.4. The third-order valence-corrected chi connectivity index (χ3v) is 18.9. The first-order valence-electron chi connectivity index (χ1n) is 13.7. The van der Waals surface area contributed by atoms with Crippen molar-refractivity contribution in [3.8, 4) is 35.1 Å². The van der Waals surface area contributed by atoms with E-state index in [1.54, 1.807) is 0 Å². The average Bonchev–Trinajstić information content (AvgIpc) is 2.84. The molecule has 0 heterocycles. The summed E-state index contributed by atoms with van der Waals surface area (Å²) < 4.78 is 6.93. The number of hydrogen-bond donors (Lipinski definition) is 0. The third kappa shape index (κ3) is 7.30. The molecule has 0 N–H and O–H groups in total. The minimum atomic E-state index is -2.47. The van der Waals surface area contributed by atoms with Gasteiger partial charge in [-0.15, -0.1) is 5.54 Å². The molecule has 0 fully saturated rings. The van der Waals surface area contributed by atoms with Crippen molar-refractivity contribution in [1.29, 1.82) is 0 Å². The van der Waals surface area contributed by atoms with Crippen LogP contribution in [0.25, 0.3) is 0 Å². The molecular weight excluding hydrogens is 481 g/mol. The summed E-state index contributed by atoms with van der Waals surface area (Å²) in [5.41, 5.74) is 5.48. The molecule has 2 aromatic carbocycles. The quantitative estimate of drug-likeness (QED) is 0.186. The van der Waals surface area contributed by atoms with Crippen LogP contribution in [0.1, 0.15) is 75.2 Å². The molecule has 2 rings (SSSR count). The molecular formula is C34H46OSi2. The normalized spacial score (nSPS) is 11.9. The van der Waals surface area contributed by atoms with E-state index >= 15 is 0 Å². The maximum Gasteiger partial charge on any atom is 0.261 e. The van der Waals surface area contributed by atoms with Gasteiger partial charge >= 0.3 is 0 Å². The summed E-state index contributed by atoms with van der Waals surface area (Å²) in [6.07, 6.45) is 1.65. The first-order valence-corrected chi connectivity index (χ1v) is 17.9. The van der Waals surface area contributed by atoms with Gasteiger partial charge in [0.15, 0.2) is 0 Å². The minimum Gasteiger partial charge on any atom is -0.407 e. The van der Waals surface area contributed by atoms with Crippen LogP contribution in [0.15, 0.2) is 60.7 Å². The van der Waals surface area contributed by atoms with E-state index in [4.69, 9.17) is 4.43 Å². The smallest absolute Gasteiger partial charge is 0.261 e. The molecule has 0 aromatic heterocycles. The largest absolute Gasteiger partial charge is 0.407 e. The van der Waals surface area contributed by atoms with Gasteiger partial charge in [0.1, 0.15) is 8.07 Å².